The third-order valence-electron chi connectivity index (χ3n) is 2.64. The van der Waals surface area contributed by atoms with E-state index >= 15 is 0 Å². The maximum atomic E-state index is 5.75. The van der Waals surface area contributed by atoms with Crippen LogP contribution in [0.1, 0.15) is 52.9 Å². The molecular formula is C11H26N2. The van der Waals surface area contributed by atoms with E-state index in [9.17, 15) is 0 Å². The Balaban J connectivity index is 3.57. The third kappa shape index (κ3) is 6.05. The van der Waals surface area contributed by atoms with Crippen LogP contribution in [0.3, 0.4) is 0 Å². The molecule has 1 unspecified atom stereocenters. The van der Waals surface area contributed by atoms with Crippen molar-refractivity contribution < 1.29 is 0 Å². The van der Waals surface area contributed by atoms with Gasteiger partial charge in [-0.1, -0.05) is 39.5 Å². The van der Waals surface area contributed by atoms with Crippen molar-refractivity contribution in [2.45, 2.75) is 58.4 Å². The summed E-state index contributed by atoms with van der Waals surface area (Å²) < 4.78 is 0. The van der Waals surface area contributed by atoms with Gasteiger partial charge in [0.05, 0.1) is 0 Å². The van der Waals surface area contributed by atoms with E-state index in [-0.39, 0.29) is 5.54 Å². The maximum absolute atomic E-state index is 5.75. The summed E-state index contributed by atoms with van der Waals surface area (Å²) in [5.41, 5.74) is 5.91. The predicted molar refractivity (Wildman–Crippen MR) is 59.9 cm³/mol. The van der Waals surface area contributed by atoms with Gasteiger partial charge in [-0.2, -0.15) is 0 Å². The number of nitrogens with two attached hydrogens (primary N) is 1. The van der Waals surface area contributed by atoms with Crippen LogP contribution in [0, 0.1) is 0 Å². The molecule has 0 saturated heterocycles. The largest absolute Gasteiger partial charge is 0.329 e. The summed E-state index contributed by atoms with van der Waals surface area (Å²) in [7, 11) is 0. The summed E-state index contributed by atoms with van der Waals surface area (Å²) in [6.07, 6.45) is 6.51. The molecular weight excluding hydrogens is 160 g/mol. The Hall–Kier alpha value is -0.0800. The minimum Gasteiger partial charge on any atom is -0.329 e. The molecule has 0 radical (unpaired) electrons. The number of nitrogens with one attached hydrogen (secondary N) is 1. The van der Waals surface area contributed by atoms with Gasteiger partial charge in [0.2, 0.25) is 0 Å². The molecule has 1 atom stereocenters. The summed E-state index contributed by atoms with van der Waals surface area (Å²) in [6.45, 7) is 8.36. The van der Waals surface area contributed by atoms with E-state index in [2.05, 4.69) is 26.1 Å². The zero-order chi connectivity index (χ0) is 10.2. The fourth-order valence-corrected chi connectivity index (χ4v) is 1.63. The van der Waals surface area contributed by atoms with Crippen molar-refractivity contribution in [2.75, 3.05) is 13.1 Å². The summed E-state index contributed by atoms with van der Waals surface area (Å²) in [5, 5.41) is 3.46. The Kier molecular flexibility index (Phi) is 7.29. The lowest BCUT2D eigenvalue weighted by Gasteiger charge is -2.29. The van der Waals surface area contributed by atoms with Crippen LogP contribution in [-0.2, 0) is 0 Å². The number of hydrogen-bond donors (Lipinski definition) is 2. The van der Waals surface area contributed by atoms with Crippen molar-refractivity contribution in [1.82, 2.24) is 5.32 Å². The second-order valence-corrected chi connectivity index (χ2v) is 4.11. The second-order valence-electron chi connectivity index (χ2n) is 4.11. The SMILES string of the molecule is CCCCCCC(C)(CN)NCC. The Morgan fingerprint density at radius 2 is 1.85 bits per heavy atom. The van der Waals surface area contributed by atoms with Crippen molar-refractivity contribution in [3.05, 3.63) is 0 Å². The third-order valence-corrected chi connectivity index (χ3v) is 2.64. The van der Waals surface area contributed by atoms with Gasteiger partial charge < -0.3 is 11.1 Å². The fourth-order valence-electron chi connectivity index (χ4n) is 1.63. The molecule has 0 rings (SSSR count). The molecule has 0 saturated carbocycles. The molecule has 0 aromatic rings. The van der Waals surface area contributed by atoms with Gasteiger partial charge in [-0.3, -0.25) is 0 Å². The average molecular weight is 186 g/mol. The van der Waals surface area contributed by atoms with E-state index in [4.69, 9.17) is 5.73 Å². The highest BCUT2D eigenvalue weighted by molar-refractivity contribution is 4.83. The maximum Gasteiger partial charge on any atom is 0.0275 e. The lowest BCUT2D eigenvalue weighted by molar-refractivity contribution is 0.334. The van der Waals surface area contributed by atoms with Gasteiger partial charge in [-0.25, -0.2) is 0 Å². The first-order valence-corrected chi connectivity index (χ1v) is 5.63. The molecule has 80 valence electrons. The standard InChI is InChI=1S/C11H26N2/c1-4-6-7-8-9-11(3,10-12)13-5-2/h13H,4-10,12H2,1-3H3. The summed E-state index contributed by atoms with van der Waals surface area (Å²) in [6, 6.07) is 0. The first kappa shape index (κ1) is 12.9. The van der Waals surface area contributed by atoms with Gasteiger partial charge in [-0.15, -0.1) is 0 Å². The first-order chi connectivity index (χ1) is 6.18. The summed E-state index contributed by atoms with van der Waals surface area (Å²) in [4.78, 5) is 0. The van der Waals surface area contributed by atoms with Crippen LogP contribution in [0.2, 0.25) is 0 Å². The van der Waals surface area contributed by atoms with Crippen molar-refractivity contribution >= 4 is 0 Å². The van der Waals surface area contributed by atoms with Crippen LogP contribution in [0.15, 0.2) is 0 Å². The Labute approximate surface area is 83.3 Å². The first-order valence-electron chi connectivity index (χ1n) is 5.63. The van der Waals surface area contributed by atoms with E-state index in [1.165, 1.54) is 32.1 Å². The summed E-state index contributed by atoms with van der Waals surface area (Å²) in [5.74, 6) is 0. The Bertz CT molecular complexity index is 115. The van der Waals surface area contributed by atoms with E-state index in [1.54, 1.807) is 0 Å². The van der Waals surface area contributed by atoms with Crippen molar-refractivity contribution in [3.8, 4) is 0 Å². The van der Waals surface area contributed by atoms with Crippen LogP contribution < -0.4 is 11.1 Å². The molecule has 0 aromatic carbocycles. The topological polar surface area (TPSA) is 38.0 Å². The quantitative estimate of drug-likeness (QED) is 0.571. The molecule has 0 bridgehead atoms. The van der Waals surface area contributed by atoms with Crippen LogP contribution >= 0.6 is 0 Å². The highest BCUT2D eigenvalue weighted by Crippen LogP contribution is 2.13. The summed E-state index contributed by atoms with van der Waals surface area (Å²) >= 11 is 0. The highest BCUT2D eigenvalue weighted by atomic mass is 15.0. The van der Waals surface area contributed by atoms with Crippen molar-refractivity contribution in [2.24, 2.45) is 5.73 Å². The molecule has 0 aliphatic rings. The van der Waals surface area contributed by atoms with E-state index < -0.39 is 0 Å². The molecule has 0 aromatic heterocycles. The zero-order valence-corrected chi connectivity index (χ0v) is 9.53. The van der Waals surface area contributed by atoms with Gasteiger partial charge in [0.15, 0.2) is 0 Å². The minimum absolute atomic E-state index is 0.169. The van der Waals surface area contributed by atoms with Gasteiger partial charge in [-0.05, 0) is 19.9 Å². The molecule has 0 fully saturated rings. The Morgan fingerprint density at radius 3 is 2.31 bits per heavy atom. The molecule has 2 nitrogen and oxygen atoms in total. The van der Waals surface area contributed by atoms with Gasteiger partial charge in [0, 0.05) is 12.1 Å². The Morgan fingerprint density at radius 1 is 1.15 bits per heavy atom. The molecule has 0 spiro atoms. The molecule has 3 N–H and O–H groups in total. The zero-order valence-electron chi connectivity index (χ0n) is 9.53. The van der Waals surface area contributed by atoms with Crippen LogP contribution in [0.4, 0.5) is 0 Å². The molecule has 0 aliphatic carbocycles. The number of unbranched alkanes of at least 4 members (excludes halogenated alkanes) is 3. The van der Waals surface area contributed by atoms with Crippen LogP contribution in [0.5, 0.6) is 0 Å². The normalized spacial score (nSPS) is 15.7. The monoisotopic (exact) mass is 186 g/mol. The second kappa shape index (κ2) is 7.34. The van der Waals surface area contributed by atoms with E-state index in [1.807, 2.05) is 0 Å². The lowest BCUT2D eigenvalue weighted by atomic mass is 9.94. The van der Waals surface area contributed by atoms with Crippen LogP contribution in [0.25, 0.3) is 0 Å². The van der Waals surface area contributed by atoms with Crippen LogP contribution in [-0.4, -0.2) is 18.6 Å². The number of likely N-dealkylation sites (N-methyl/N-ethyl adjacent to an activating group) is 1. The molecule has 0 amide bonds. The molecule has 13 heavy (non-hydrogen) atoms. The molecule has 2 heteroatoms. The molecule has 0 aliphatic heterocycles. The smallest absolute Gasteiger partial charge is 0.0275 e. The molecule has 0 heterocycles. The number of hydrogen-bond acceptors (Lipinski definition) is 2. The fraction of sp³-hybridized carbons (Fsp3) is 1.00. The highest BCUT2D eigenvalue weighted by Gasteiger charge is 2.19. The van der Waals surface area contributed by atoms with E-state index in [0.717, 1.165) is 13.1 Å². The van der Waals surface area contributed by atoms with Gasteiger partial charge in [0.1, 0.15) is 0 Å². The minimum atomic E-state index is 0.169. The van der Waals surface area contributed by atoms with E-state index in [0.29, 0.717) is 0 Å². The van der Waals surface area contributed by atoms with Gasteiger partial charge >= 0.3 is 0 Å². The van der Waals surface area contributed by atoms with Crippen molar-refractivity contribution in [1.29, 1.82) is 0 Å². The average Bonchev–Trinajstić information content (AvgIpc) is 2.13. The van der Waals surface area contributed by atoms with Crippen molar-refractivity contribution in [3.63, 3.8) is 0 Å². The predicted octanol–water partition coefficient (Wildman–Crippen LogP) is 2.28. The van der Waals surface area contributed by atoms with Gasteiger partial charge in [0.25, 0.3) is 0 Å². The lowest BCUT2D eigenvalue weighted by Crippen LogP contribution is -2.48. The number of rotatable bonds is 8.